The third-order valence-corrected chi connectivity index (χ3v) is 5.24. The van der Waals surface area contributed by atoms with Gasteiger partial charge in [0.25, 0.3) is 5.91 Å². The molecule has 0 saturated carbocycles. The monoisotopic (exact) mass is 538 g/mol. The first-order chi connectivity index (χ1) is 14.2. The van der Waals surface area contributed by atoms with Crippen molar-refractivity contribution in [2.75, 3.05) is 12.4 Å². The Kier molecular flexibility index (Phi) is 6.42. The van der Waals surface area contributed by atoms with Gasteiger partial charge in [0.1, 0.15) is 17.9 Å². The smallest absolute Gasteiger partial charge is 0.312 e. The van der Waals surface area contributed by atoms with Gasteiger partial charge in [0.05, 0.1) is 14.5 Å². The summed E-state index contributed by atoms with van der Waals surface area (Å²) in [5, 5.41) is 18.8. The number of amides is 2. The van der Waals surface area contributed by atoms with E-state index in [-0.39, 0.29) is 5.91 Å². The second-order valence-corrected chi connectivity index (χ2v) is 7.93. The predicted molar refractivity (Wildman–Crippen MR) is 117 cm³/mol. The number of nitrogens with zero attached hydrogens (tertiary/aromatic N) is 2. The standard InChI is InChI=1S/C19H16Br2N4O5/c1-22-19(29)17-11-7-10(3-4-14(11)24-25(17)2)30-18-12(20)5-9(6-13(18)21)23-15(26)8-16(27)28/h3-7H,8H2,1-2H3,(H,22,29)(H,23,26)(H,27,28). The number of nitrogens with one attached hydrogen (secondary N) is 2. The number of anilines is 1. The van der Waals surface area contributed by atoms with Crippen molar-refractivity contribution in [2.45, 2.75) is 6.42 Å². The van der Waals surface area contributed by atoms with E-state index in [0.29, 0.717) is 42.7 Å². The van der Waals surface area contributed by atoms with Gasteiger partial charge >= 0.3 is 5.97 Å². The highest BCUT2D eigenvalue weighted by Crippen LogP contribution is 2.40. The molecule has 2 amide bonds. The molecular formula is C19H16Br2N4O5. The topological polar surface area (TPSA) is 123 Å². The number of hydrogen-bond donors (Lipinski definition) is 3. The Morgan fingerprint density at radius 2 is 1.83 bits per heavy atom. The minimum Gasteiger partial charge on any atom is -0.481 e. The van der Waals surface area contributed by atoms with Crippen molar-refractivity contribution in [3.05, 3.63) is 45.0 Å². The number of halogens is 2. The number of ether oxygens (including phenoxy) is 1. The molecule has 156 valence electrons. The molecule has 0 aliphatic rings. The van der Waals surface area contributed by atoms with E-state index in [0.717, 1.165) is 0 Å². The van der Waals surface area contributed by atoms with Crippen molar-refractivity contribution in [1.29, 1.82) is 0 Å². The quantitative estimate of drug-likeness (QED) is 0.411. The minimum atomic E-state index is -1.22. The Balaban J connectivity index is 1.90. The molecule has 3 rings (SSSR count). The number of aromatic nitrogens is 2. The Morgan fingerprint density at radius 1 is 1.17 bits per heavy atom. The van der Waals surface area contributed by atoms with E-state index in [1.165, 1.54) is 4.68 Å². The Hall–Kier alpha value is -2.92. The highest BCUT2D eigenvalue weighted by Gasteiger charge is 2.18. The van der Waals surface area contributed by atoms with Crippen LogP contribution in [0, 0.1) is 0 Å². The molecule has 1 heterocycles. The second kappa shape index (κ2) is 8.84. The maximum absolute atomic E-state index is 12.2. The van der Waals surface area contributed by atoms with Crippen LogP contribution in [-0.4, -0.2) is 39.7 Å². The third-order valence-electron chi connectivity index (χ3n) is 4.06. The highest BCUT2D eigenvalue weighted by atomic mass is 79.9. The van der Waals surface area contributed by atoms with Crippen molar-refractivity contribution in [2.24, 2.45) is 7.05 Å². The van der Waals surface area contributed by atoms with E-state index in [1.54, 1.807) is 44.4 Å². The minimum absolute atomic E-state index is 0.263. The molecule has 0 spiro atoms. The number of fused-ring (bicyclic) bond motifs is 1. The van der Waals surface area contributed by atoms with Crippen LogP contribution in [0.2, 0.25) is 0 Å². The lowest BCUT2D eigenvalue weighted by Crippen LogP contribution is -2.21. The van der Waals surface area contributed by atoms with Gasteiger partial charge < -0.3 is 20.5 Å². The summed E-state index contributed by atoms with van der Waals surface area (Å²) in [6.07, 6.45) is -0.633. The van der Waals surface area contributed by atoms with E-state index >= 15 is 0 Å². The van der Waals surface area contributed by atoms with Crippen LogP contribution in [0.3, 0.4) is 0 Å². The third kappa shape index (κ3) is 4.62. The summed E-state index contributed by atoms with van der Waals surface area (Å²) in [6.45, 7) is 0. The van der Waals surface area contributed by atoms with Crippen molar-refractivity contribution in [3.63, 3.8) is 0 Å². The van der Waals surface area contributed by atoms with Gasteiger partial charge in [0.15, 0.2) is 5.75 Å². The van der Waals surface area contributed by atoms with Gasteiger partial charge in [0, 0.05) is 25.2 Å². The lowest BCUT2D eigenvalue weighted by Gasteiger charge is -2.13. The van der Waals surface area contributed by atoms with E-state index in [4.69, 9.17) is 9.84 Å². The van der Waals surface area contributed by atoms with Crippen LogP contribution in [0.25, 0.3) is 10.9 Å². The number of hydrogen-bond acceptors (Lipinski definition) is 5. The molecule has 0 radical (unpaired) electrons. The lowest BCUT2D eigenvalue weighted by atomic mass is 10.2. The molecule has 0 bridgehead atoms. The molecule has 0 aliphatic carbocycles. The average molecular weight is 540 g/mol. The summed E-state index contributed by atoms with van der Waals surface area (Å²) in [5.41, 5.74) is 1.46. The SMILES string of the molecule is CNC(=O)c1c2cc(Oc3c(Br)cc(NC(=O)CC(=O)O)cc3Br)ccc2nn1C. The maximum Gasteiger partial charge on any atom is 0.312 e. The lowest BCUT2D eigenvalue weighted by molar-refractivity contribution is -0.139. The Bertz CT molecular complexity index is 1150. The molecule has 3 N–H and O–H groups in total. The van der Waals surface area contributed by atoms with Crippen molar-refractivity contribution < 1.29 is 24.2 Å². The fraction of sp³-hybridized carbons (Fsp3) is 0.158. The van der Waals surface area contributed by atoms with Gasteiger partial charge in [-0.3, -0.25) is 19.1 Å². The van der Waals surface area contributed by atoms with Gasteiger partial charge in [-0.2, -0.15) is 5.10 Å². The summed E-state index contributed by atoms with van der Waals surface area (Å²) >= 11 is 6.79. The van der Waals surface area contributed by atoms with Gasteiger partial charge in [-0.05, 0) is 62.2 Å². The van der Waals surface area contributed by atoms with Crippen molar-refractivity contribution in [3.8, 4) is 11.5 Å². The number of carboxylic acids is 1. The first-order valence-electron chi connectivity index (χ1n) is 8.57. The summed E-state index contributed by atoms with van der Waals surface area (Å²) in [4.78, 5) is 34.5. The first-order valence-corrected chi connectivity index (χ1v) is 10.2. The Morgan fingerprint density at radius 3 is 2.43 bits per heavy atom. The van der Waals surface area contributed by atoms with Crippen LogP contribution in [0.4, 0.5) is 5.69 Å². The van der Waals surface area contributed by atoms with Crippen LogP contribution < -0.4 is 15.4 Å². The number of carbonyl (C=O) groups is 3. The van der Waals surface area contributed by atoms with Crippen molar-refractivity contribution in [1.82, 2.24) is 15.1 Å². The average Bonchev–Trinajstić information content (AvgIpc) is 2.98. The molecule has 3 aromatic rings. The number of benzene rings is 2. The summed E-state index contributed by atoms with van der Waals surface area (Å²) in [6, 6.07) is 8.38. The van der Waals surface area contributed by atoms with Gasteiger partial charge in [0.2, 0.25) is 5.91 Å². The largest absolute Gasteiger partial charge is 0.481 e. The molecule has 11 heteroatoms. The zero-order chi connectivity index (χ0) is 22.0. The fourth-order valence-corrected chi connectivity index (χ4v) is 4.17. The molecule has 9 nitrogen and oxygen atoms in total. The molecule has 0 aliphatic heterocycles. The number of carbonyl (C=O) groups excluding carboxylic acids is 2. The highest BCUT2D eigenvalue weighted by molar-refractivity contribution is 9.11. The Labute approximate surface area is 187 Å². The number of aryl methyl sites for hydroxylation is 1. The molecule has 30 heavy (non-hydrogen) atoms. The van der Waals surface area contributed by atoms with Gasteiger partial charge in [-0.25, -0.2) is 0 Å². The molecule has 0 saturated heterocycles. The summed E-state index contributed by atoms with van der Waals surface area (Å²) in [7, 11) is 3.24. The van der Waals surface area contributed by atoms with E-state index in [9.17, 15) is 14.4 Å². The fourth-order valence-electron chi connectivity index (χ4n) is 2.82. The number of carboxylic acid groups (broad SMARTS) is 1. The van der Waals surface area contributed by atoms with E-state index in [1.807, 2.05) is 0 Å². The molecule has 0 fully saturated rings. The summed E-state index contributed by atoms with van der Waals surface area (Å²) < 4.78 is 8.54. The van der Waals surface area contributed by atoms with Gasteiger partial charge in [-0.15, -0.1) is 0 Å². The predicted octanol–water partition coefficient (Wildman–Crippen LogP) is 3.66. The second-order valence-electron chi connectivity index (χ2n) is 6.22. The van der Waals surface area contributed by atoms with Gasteiger partial charge in [-0.1, -0.05) is 0 Å². The van der Waals surface area contributed by atoms with E-state index in [2.05, 4.69) is 47.6 Å². The molecule has 0 atom stereocenters. The maximum atomic E-state index is 12.2. The first kappa shape index (κ1) is 21.8. The van der Waals surface area contributed by atoms with Crippen LogP contribution in [0.1, 0.15) is 16.9 Å². The van der Waals surface area contributed by atoms with Crippen LogP contribution in [-0.2, 0) is 16.6 Å². The molecule has 0 unspecified atom stereocenters. The molecule has 2 aromatic carbocycles. The van der Waals surface area contributed by atoms with E-state index < -0.39 is 18.3 Å². The van der Waals surface area contributed by atoms with Crippen LogP contribution in [0.5, 0.6) is 11.5 Å². The zero-order valence-electron chi connectivity index (χ0n) is 15.8. The zero-order valence-corrected chi connectivity index (χ0v) is 19.0. The normalized spacial score (nSPS) is 10.7. The molecule has 1 aromatic heterocycles. The van der Waals surface area contributed by atoms with Crippen LogP contribution >= 0.6 is 31.9 Å². The molecular weight excluding hydrogens is 524 g/mol. The van der Waals surface area contributed by atoms with Crippen LogP contribution in [0.15, 0.2) is 39.3 Å². The number of rotatable bonds is 6. The number of aliphatic carboxylic acids is 1. The van der Waals surface area contributed by atoms with Crippen molar-refractivity contribution >= 4 is 66.2 Å². The summed E-state index contributed by atoms with van der Waals surface area (Å²) in [5.74, 6) is -1.20.